The number of rotatable bonds is 4. The van der Waals surface area contributed by atoms with Gasteiger partial charge in [0.05, 0.1) is 6.10 Å². The van der Waals surface area contributed by atoms with E-state index in [1.54, 1.807) is 11.1 Å². The Kier molecular flexibility index (Phi) is 4.19. The Labute approximate surface area is 116 Å². The average Bonchev–Trinajstić information content (AvgIpc) is 2.97. The maximum atomic E-state index is 5.78. The Balaban J connectivity index is 1.74. The smallest absolute Gasteiger partial charge is 0.0594 e. The number of hydrogen-bond donors (Lipinski definition) is 1. The second-order valence-corrected chi connectivity index (χ2v) is 5.95. The molecular formula is C17H25NO. The zero-order valence-electron chi connectivity index (χ0n) is 12.0. The van der Waals surface area contributed by atoms with Crippen molar-refractivity contribution in [3.8, 4) is 0 Å². The molecule has 2 aliphatic rings. The molecule has 1 N–H and O–H groups in total. The quantitative estimate of drug-likeness (QED) is 0.895. The van der Waals surface area contributed by atoms with Gasteiger partial charge in [0, 0.05) is 12.6 Å². The summed E-state index contributed by atoms with van der Waals surface area (Å²) in [6.45, 7) is 0.950. The van der Waals surface area contributed by atoms with Gasteiger partial charge in [0.1, 0.15) is 0 Å². The number of nitrogens with one attached hydrogen (secondary N) is 1. The molecule has 1 aromatic rings. The van der Waals surface area contributed by atoms with Crippen LogP contribution in [0.2, 0.25) is 0 Å². The molecule has 104 valence electrons. The van der Waals surface area contributed by atoms with Crippen LogP contribution >= 0.6 is 0 Å². The molecule has 2 heteroatoms. The predicted molar refractivity (Wildman–Crippen MR) is 78.5 cm³/mol. The van der Waals surface area contributed by atoms with Crippen molar-refractivity contribution in [3.05, 3.63) is 34.9 Å². The fourth-order valence-electron chi connectivity index (χ4n) is 3.48. The molecule has 3 rings (SSSR count). The van der Waals surface area contributed by atoms with Gasteiger partial charge in [-0.2, -0.15) is 0 Å². The molecule has 19 heavy (non-hydrogen) atoms. The predicted octanol–water partition coefficient (Wildman–Crippen LogP) is 3.40. The third kappa shape index (κ3) is 3.01. The molecule has 2 unspecified atom stereocenters. The second kappa shape index (κ2) is 6.06. The van der Waals surface area contributed by atoms with Gasteiger partial charge in [0.15, 0.2) is 0 Å². The molecule has 1 heterocycles. The largest absolute Gasteiger partial charge is 0.378 e. The van der Waals surface area contributed by atoms with Crippen molar-refractivity contribution in [2.45, 2.75) is 57.1 Å². The zero-order chi connectivity index (χ0) is 13.1. The second-order valence-electron chi connectivity index (χ2n) is 5.95. The van der Waals surface area contributed by atoms with Crippen LogP contribution in [0.25, 0.3) is 0 Å². The van der Waals surface area contributed by atoms with E-state index in [9.17, 15) is 0 Å². The van der Waals surface area contributed by atoms with Gasteiger partial charge >= 0.3 is 0 Å². The van der Waals surface area contributed by atoms with Crippen molar-refractivity contribution in [1.29, 1.82) is 0 Å². The maximum Gasteiger partial charge on any atom is 0.0594 e. The summed E-state index contributed by atoms with van der Waals surface area (Å²) in [6, 6.07) is 7.55. The van der Waals surface area contributed by atoms with Gasteiger partial charge in [0.25, 0.3) is 0 Å². The van der Waals surface area contributed by atoms with Gasteiger partial charge in [-0.3, -0.25) is 0 Å². The zero-order valence-corrected chi connectivity index (χ0v) is 12.0. The normalized spacial score (nSPS) is 24.2. The van der Waals surface area contributed by atoms with Crippen LogP contribution in [0.4, 0.5) is 0 Å². The van der Waals surface area contributed by atoms with Crippen molar-refractivity contribution in [2.75, 3.05) is 13.7 Å². The van der Waals surface area contributed by atoms with E-state index >= 15 is 0 Å². The lowest BCUT2D eigenvalue weighted by molar-refractivity contribution is 0.0954. The molecule has 0 radical (unpaired) electrons. The standard InChI is InChI=1S/C17H25NO/c1-18-17(12-16-7-4-10-19-16)15-9-8-13-5-2-3-6-14(13)11-15/h8-9,11,16-18H,2-7,10,12H2,1H3. The number of aryl methyl sites for hydroxylation is 2. The fraction of sp³-hybridized carbons (Fsp3) is 0.647. The molecule has 1 fully saturated rings. The molecule has 0 spiro atoms. The molecule has 1 saturated heterocycles. The minimum Gasteiger partial charge on any atom is -0.378 e. The van der Waals surface area contributed by atoms with E-state index < -0.39 is 0 Å². The summed E-state index contributed by atoms with van der Waals surface area (Å²) in [4.78, 5) is 0. The highest BCUT2D eigenvalue weighted by Crippen LogP contribution is 2.28. The van der Waals surface area contributed by atoms with Crippen molar-refractivity contribution in [2.24, 2.45) is 0 Å². The van der Waals surface area contributed by atoms with Crippen LogP contribution in [-0.4, -0.2) is 19.8 Å². The van der Waals surface area contributed by atoms with Crippen LogP contribution in [0.15, 0.2) is 18.2 Å². The monoisotopic (exact) mass is 259 g/mol. The van der Waals surface area contributed by atoms with Crippen molar-refractivity contribution in [3.63, 3.8) is 0 Å². The number of benzene rings is 1. The third-order valence-electron chi connectivity index (χ3n) is 4.65. The molecule has 1 aliphatic carbocycles. The highest BCUT2D eigenvalue weighted by Gasteiger charge is 2.21. The Morgan fingerprint density at radius 2 is 2.05 bits per heavy atom. The van der Waals surface area contributed by atoms with E-state index in [0.29, 0.717) is 12.1 Å². The number of hydrogen-bond acceptors (Lipinski definition) is 2. The van der Waals surface area contributed by atoms with Gasteiger partial charge in [-0.1, -0.05) is 18.2 Å². The van der Waals surface area contributed by atoms with Crippen LogP contribution in [0.1, 0.15) is 54.8 Å². The molecule has 0 amide bonds. The summed E-state index contributed by atoms with van der Waals surface area (Å²) >= 11 is 0. The molecule has 0 aromatic heterocycles. The summed E-state index contributed by atoms with van der Waals surface area (Å²) in [6.07, 6.45) is 9.26. The van der Waals surface area contributed by atoms with Crippen LogP contribution < -0.4 is 5.32 Å². The Morgan fingerprint density at radius 1 is 1.21 bits per heavy atom. The molecule has 1 aliphatic heterocycles. The molecular weight excluding hydrogens is 234 g/mol. The van der Waals surface area contributed by atoms with Crippen molar-refractivity contribution in [1.82, 2.24) is 5.32 Å². The van der Waals surface area contributed by atoms with E-state index in [1.165, 1.54) is 44.1 Å². The SMILES string of the molecule is CNC(CC1CCCO1)c1ccc2c(c1)CCCC2. The highest BCUT2D eigenvalue weighted by atomic mass is 16.5. The first-order valence-electron chi connectivity index (χ1n) is 7.77. The highest BCUT2D eigenvalue weighted by molar-refractivity contribution is 5.35. The molecule has 2 nitrogen and oxygen atoms in total. The summed E-state index contributed by atoms with van der Waals surface area (Å²) in [5, 5.41) is 3.47. The van der Waals surface area contributed by atoms with Crippen molar-refractivity contribution >= 4 is 0 Å². The maximum absolute atomic E-state index is 5.78. The van der Waals surface area contributed by atoms with Gasteiger partial charge in [-0.15, -0.1) is 0 Å². The molecule has 2 atom stereocenters. The summed E-state index contributed by atoms with van der Waals surface area (Å²) in [5.41, 5.74) is 4.59. The van der Waals surface area contributed by atoms with E-state index in [0.717, 1.165) is 13.0 Å². The van der Waals surface area contributed by atoms with Crippen LogP contribution in [0.5, 0.6) is 0 Å². The summed E-state index contributed by atoms with van der Waals surface area (Å²) in [5.74, 6) is 0. The number of ether oxygens (including phenoxy) is 1. The minimum absolute atomic E-state index is 0.440. The van der Waals surface area contributed by atoms with Gasteiger partial charge < -0.3 is 10.1 Å². The van der Waals surface area contributed by atoms with E-state index in [4.69, 9.17) is 4.74 Å². The van der Waals surface area contributed by atoms with Gasteiger partial charge in [-0.25, -0.2) is 0 Å². The van der Waals surface area contributed by atoms with E-state index in [2.05, 4.69) is 30.6 Å². The average molecular weight is 259 g/mol. The van der Waals surface area contributed by atoms with Crippen LogP contribution in [0, 0.1) is 0 Å². The minimum atomic E-state index is 0.440. The van der Waals surface area contributed by atoms with E-state index in [1.807, 2.05) is 0 Å². The number of fused-ring (bicyclic) bond motifs is 1. The first-order valence-corrected chi connectivity index (χ1v) is 7.77. The lowest BCUT2D eigenvalue weighted by atomic mass is 9.88. The first-order chi connectivity index (χ1) is 9.36. The topological polar surface area (TPSA) is 21.3 Å². The molecule has 1 aromatic carbocycles. The van der Waals surface area contributed by atoms with Gasteiger partial charge in [0.2, 0.25) is 0 Å². The lowest BCUT2D eigenvalue weighted by Crippen LogP contribution is -2.22. The lowest BCUT2D eigenvalue weighted by Gasteiger charge is -2.23. The van der Waals surface area contributed by atoms with Gasteiger partial charge in [-0.05, 0) is 68.7 Å². The summed E-state index contributed by atoms with van der Waals surface area (Å²) in [7, 11) is 2.07. The Morgan fingerprint density at radius 3 is 2.79 bits per heavy atom. The molecule has 0 bridgehead atoms. The van der Waals surface area contributed by atoms with E-state index in [-0.39, 0.29) is 0 Å². The first kappa shape index (κ1) is 13.1. The molecule has 0 saturated carbocycles. The fourth-order valence-corrected chi connectivity index (χ4v) is 3.48. The van der Waals surface area contributed by atoms with Crippen LogP contribution in [0.3, 0.4) is 0 Å². The Hall–Kier alpha value is -0.860. The van der Waals surface area contributed by atoms with Crippen molar-refractivity contribution < 1.29 is 4.74 Å². The summed E-state index contributed by atoms with van der Waals surface area (Å²) < 4.78 is 5.78. The Bertz CT molecular complexity index is 423. The van der Waals surface area contributed by atoms with Crippen LogP contribution in [-0.2, 0) is 17.6 Å². The third-order valence-corrected chi connectivity index (χ3v) is 4.65.